The molecule has 0 radical (unpaired) electrons. The quantitative estimate of drug-likeness (QED) is 0.388. The first kappa shape index (κ1) is 21.4. The van der Waals surface area contributed by atoms with Gasteiger partial charge in [0.2, 0.25) is 0 Å². The SMILES string of the molecule is Cc1ccc(-n2c(SCCN3C(=O)c4ccccc4S3(=O)=O)nnc2-c2ccccc2)cc1. The van der Waals surface area contributed by atoms with Crippen molar-refractivity contribution in [2.75, 3.05) is 12.3 Å². The highest BCUT2D eigenvalue weighted by atomic mass is 32.2. The van der Waals surface area contributed by atoms with Gasteiger partial charge >= 0.3 is 0 Å². The predicted octanol–water partition coefficient (Wildman–Crippen LogP) is 4.18. The zero-order chi connectivity index (χ0) is 23.0. The van der Waals surface area contributed by atoms with Gasteiger partial charge in [0.15, 0.2) is 11.0 Å². The largest absolute Gasteiger partial charge is 0.270 e. The maximum Gasteiger partial charge on any atom is 0.269 e. The van der Waals surface area contributed by atoms with Gasteiger partial charge in [0, 0.05) is 23.5 Å². The fourth-order valence-electron chi connectivity index (χ4n) is 3.74. The zero-order valence-corrected chi connectivity index (χ0v) is 19.4. The van der Waals surface area contributed by atoms with Gasteiger partial charge in [0.1, 0.15) is 4.90 Å². The number of aryl methyl sites for hydroxylation is 1. The van der Waals surface area contributed by atoms with Crippen molar-refractivity contribution >= 4 is 27.7 Å². The molecular weight excluding hydrogens is 456 g/mol. The number of nitrogens with zero attached hydrogens (tertiary/aromatic N) is 4. The van der Waals surface area contributed by atoms with E-state index in [2.05, 4.69) is 10.2 Å². The molecule has 0 bridgehead atoms. The first-order valence-electron chi connectivity index (χ1n) is 10.3. The summed E-state index contributed by atoms with van der Waals surface area (Å²) >= 11 is 1.36. The van der Waals surface area contributed by atoms with Gasteiger partial charge in [-0.15, -0.1) is 10.2 Å². The minimum absolute atomic E-state index is 0.0436. The van der Waals surface area contributed by atoms with Gasteiger partial charge in [0.25, 0.3) is 15.9 Å². The highest BCUT2D eigenvalue weighted by Gasteiger charge is 2.40. The number of sulfonamides is 1. The van der Waals surface area contributed by atoms with Crippen LogP contribution in [0, 0.1) is 6.92 Å². The molecule has 2 heterocycles. The van der Waals surface area contributed by atoms with Crippen molar-refractivity contribution in [2.45, 2.75) is 17.0 Å². The lowest BCUT2D eigenvalue weighted by atomic mass is 10.2. The molecule has 1 aromatic heterocycles. The van der Waals surface area contributed by atoms with Crippen LogP contribution in [0.4, 0.5) is 0 Å². The fourth-order valence-corrected chi connectivity index (χ4v) is 6.30. The van der Waals surface area contributed by atoms with Crippen molar-refractivity contribution in [1.82, 2.24) is 19.1 Å². The van der Waals surface area contributed by atoms with Crippen LogP contribution in [-0.2, 0) is 10.0 Å². The molecule has 33 heavy (non-hydrogen) atoms. The molecule has 1 aliphatic heterocycles. The molecule has 3 aromatic carbocycles. The lowest BCUT2D eigenvalue weighted by Crippen LogP contribution is -2.32. The molecule has 0 unspecified atom stereocenters. The second-order valence-corrected chi connectivity index (χ2v) is 10.5. The zero-order valence-electron chi connectivity index (χ0n) is 17.7. The number of rotatable bonds is 6. The van der Waals surface area contributed by atoms with Gasteiger partial charge in [-0.05, 0) is 31.2 Å². The molecule has 4 aromatic rings. The van der Waals surface area contributed by atoms with Gasteiger partial charge in [-0.2, -0.15) is 0 Å². The molecule has 7 nitrogen and oxygen atoms in total. The lowest BCUT2D eigenvalue weighted by molar-refractivity contribution is 0.0876. The van der Waals surface area contributed by atoms with Crippen molar-refractivity contribution in [2.24, 2.45) is 0 Å². The number of amides is 1. The maximum absolute atomic E-state index is 12.8. The molecule has 166 valence electrons. The van der Waals surface area contributed by atoms with E-state index in [1.54, 1.807) is 18.2 Å². The number of hydrogen-bond donors (Lipinski definition) is 0. The molecule has 9 heteroatoms. The van der Waals surface area contributed by atoms with E-state index in [0.717, 1.165) is 21.1 Å². The Hall–Kier alpha value is -3.43. The van der Waals surface area contributed by atoms with Crippen LogP contribution in [0.5, 0.6) is 0 Å². The molecule has 5 rings (SSSR count). The molecular formula is C24H20N4O3S2. The minimum Gasteiger partial charge on any atom is -0.270 e. The van der Waals surface area contributed by atoms with Crippen LogP contribution in [0.1, 0.15) is 15.9 Å². The van der Waals surface area contributed by atoms with E-state index in [1.807, 2.05) is 66.1 Å². The molecule has 0 saturated carbocycles. The van der Waals surface area contributed by atoms with Crippen molar-refractivity contribution in [3.8, 4) is 17.1 Å². The van der Waals surface area contributed by atoms with Crippen LogP contribution < -0.4 is 0 Å². The number of aromatic nitrogens is 3. The average Bonchev–Trinajstić information content (AvgIpc) is 3.33. The number of carbonyl (C=O) groups is 1. The Morgan fingerprint density at radius 3 is 2.30 bits per heavy atom. The summed E-state index contributed by atoms with van der Waals surface area (Å²) in [6, 6.07) is 24.1. The van der Waals surface area contributed by atoms with Gasteiger partial charge in [-0.25, -0.2) is 12.7 Å². The second-order valence-electron chi connectivity index (χ2n) is 7.57. The van der Waals surface area contributed by atoms with Gasteiger partial charge in [-0.1, -0.05) is 71.9 Å². The average molecular weight is 477 g/mol. The summed E-state index contributed by atoms with van der Waals surface area (Å²) in [6.07, 6.45) is 0. The molecule has 1 aliphatic rings. The fraction of sp³-hybridized carbons (Fsp3) is 0.125. The summed E-state index contributed by atoms with van der Waals surface area (Å²) in [6.45, 7) is 2.07. The predicted molar refractivity (Wildman–Crippen MR) is 127 cm³/mol. The van der Waals surface area contributed by atoms with E-state index in [4.69, 9.17) is 0 Å². The first-order chi connectivity index (χ1) is 16.0. The summed E-state index contributed by atoms with van der Waals surface area (Å²) < 4.78 is 28.5. The molecule has 0 saturated heterocycles. The summed E-state index contributed by atoms with van der Waals surface area (Å²) in [7, 11) is -3.83. The van der Waals surface area contributed by atoms with Gasteiger partial charge in [-0.3, -0.25) is 9.36 Å². The summed E-state index contributed by atoms with van der Waals surface area (Å²) in [5, 5.41) is 9.40. The lowest BCUT2D eigenvalue weighted by Gasteiger charge is -2.15. The molecule has 0 atom stereocenters. The highest BCUT2D eigenvalue weighted by molar-refractivity contribution is 7.99. The number of hydrogen-bond acceptors (Lipinski definition) is 6. The van der Waals surface area contributed by atoms with Crippen LogP contribution in [0.25, 0.3) is 17.1 Å². The Balaban J connectivity index is 1.42. The third kappa shape index (κ3) is 3.83. The van der Waals surface area contributed by atoms with Crippen molar-refractivity contribution < 1.29 is 13.2 Å². The van der Waals surface area contributed by atoms with Crippen LogP contribution in [-0.4, -0.2) is 45.7 Å². The summed E-state index contributed by atoms with van der Waals surface area (Å²) in [5.74, 6) is 0.549. The van der Waals surface area contributed by atoms with Crippen molar-refractivity contribution in [1.29, 1.82) is 0 Å². The van der Waals surface area contributed by atoms with Crippen LogP contribution in [0.2, 0.25) is 0 Å². The van der Waals surface area contributed by atoms with Crippen LogP contribution >= 0.6 is 11.8 Å². The van der Waals surface area contributed by atoms with E-state index in [-0.39, 0.29) is 17.0 Å². The second kappa shape index (κ2) is 8.49. The number of fused-ring (bicyclic) bond motifs is 1. The molecule has 0 aliphatic carbocycles. The van der Waals surface area contributed by atoms with Crippen molar-refractivity contribution in [3.63, 3.8) is 0 Å². The van der Waals surface area contributed by atoms with E-state index in [1.165, 1.54) is 17.8 Å². The van der Waals surface area contributed by atoms with Crippen LogP contribution in [0.3, 0.4) is 0 Å². The Morgan fingerprint density at radius 2 is 1.58 bits per heavy atom. The van der Waals surface area contributed by atoms with Crippen LogP contribution in [0.15, 0.2) is 88.9 Å². The third-order valence-electron chi connectivity index (χ3n) is 5.40. The van der Waals surface area contributed by atoms with E-state index in [9.17, 15) is 13.2 Å². The molecule has 0 fully saturated rings. The number of thioether (sulfide) groups is 1. The molecule has 0 N–H and O–H groups in total. The smallest absolute Gasteiger partial charge is 0.269 e. The minimum atomic E-state index is -3.83. The van der Waals surface area contributed by atoms with E-state index >= 15 is 0 Å². The summed E-state index contributed by atoms with van der Waals surface area (Å²) in [4.78, 5) is 12.7. The number of benzene rings is 3. The third-order valence-corrected chi connectivity index (χ3v) is 8.14. The van der Waals surface area contributed by atoms with Gasteiger partial charge in [0.05, 0.1) is 5.56 Å². The monoisotopic (exact) mass is 476 g/mol. The normalized spacial score (nSPS) is 14.5. The van der Waals surface area contributed by atoms with Crippen molar-refractivity contribution in [3.05, 3.63) is 90.0 Å². The first-order valence-corrected chi connectivity index (χ1v) is 12.8. The topological polar surface area (TPSA) is 85.2 Å². The Labute approximate surface area is 196 Å². The van der Waals surface area contributed by atoms with E-state index in [0.29, 0.717) is 16.7 Å². The maximum atomic E-state index is 12.8. The Bertz CT molecular complexity index is 1430. The van der Waals surface area contributed by atoms with Gasteiger partial charge < -0.3 is 0 Å². The Morgan fingerprint density at radius 1 is 0.879 bits per heavy atom. The van der Waals surface area contributed by atoms with E-state index < -0.39 is 15.9 Å². The summed E-state index contributed by atoms with van der Waals surface area (Å²) in [5.41, 5.74) is 3.19. The standard InChI is InChI=1S/C24H20N4O3S2/c1-17-11-13-19(14-12-17)28-22(18-7-3-2-4-8-18)25-26-24(28)32-16-15-27-23(29)20-9-5-6-10-21(20)33(27,30)31/h2-14H,15-16H2,1H3. The molecule has 1 amide bonds. The Kier molecular flexibility index (Phi) is 5.51. The highest BCUT2D eigenvalue weighted by Crippen LogP contribution is 2.32. The number of carbonyl (C=O) groups excluding carboxylic acids is 1. The molecule has 0 spiro atoms.